The summed E-state index contributed by atoms with van der Waals surface area (Å²) in [5, 5.41) is 7.29. The van der Waals surface area contributed by atoms with Crippen LogP contribution >= 0.6 is 11.6 Å². The maximum atomic E-state index is 5.85. The van der Waals surface area contributed by atoms with Gasteiger partial charge in [0.15, 0.2) is 5.96 Å². The minimum absolute atomic E-state index is 0.228. The Hall–Kier alpha value is -1.26. The molecule has 4 nitrogen and oxygen atoms in total. The fourth-order valence-corrected chi connectivity index (χ4v) is 1.82. The van der Waals surface area contributed by atoms with Crippen LogP contribution in [0.1, 0.15) is 12.5 Å². The lowest BCUT2D eigenvalue weighted by atomic mass is 10.1. The van der Waals surface area contributed by atoms with Gasteiger partial charge in [-0.1, -0.05) is 23.7 Å². The van der Waals surface area contributed by atoms with Gasteiger partial charge >= 0.3 is 0 Å². The van der Waals surface area contributed by atoms with Crippen LogP contribution in [0, 0.1) is 0 Å². The van der Waals surface area contributed by atoms with Gasteiger partial charge in [0.2, 0.25) is 0 Å². The molecule has 0 aliphatic carbocycles. The van der Waals surface area contributed by atoms with E-state index in [1.165, 1.54) is 5.56 Å². The Bertz CT molecular complexity index is 392. The second-order valence-electron chi connectivity index (χ2n) is 4.38. The first-order chi connectivity index (χ1) is 9.15. The standard InChI is InChI=1S/C14H22ClN3O/c1-11(10-19-3)18-14(16-2)17-9-8-12-4-6-13(15)7-5-12/h4-7,11H,8-10H2,1-3H3,(H2,16,17,18). The molecule has 0 heterocycles. The third-order valence-electron chi connectivity index (χ3n) is 2.64. The molecule has 2 N–H and O–H groups in total. The molecule has 1 rings (SSSR count). The molecular formula is C14H22ClN3O. The molecule has 0 aliphatic rings. The van der Waals surface area contributed by atoms with Crippen molar-refractivity contribution in [1.29, 1.82) is 0 Å². The third-order valence-corrected chi connectivity index (χ3v) is 2.89. The molecule has 106 valence electrons. The van der Waals surface area contributed by atoms with E-state index >= 15 is 0 Å². The van der Waals surface area contributed by atoms with E-state index in [-0.39, 0.29) is 6.04 Å². The van der Waals surface area contributed by atoms with Crippen LogP contribution in [0.4, 0.5) is 0 Å². The van der Waals surface area contributed by atoms with Crippen LogP contribution in [0.5, 0.6) is 0 Å². The molecule has 0 saturated heterocycles. The molecule has 0 saturated carbocycles. The van der Waals surface area contributed by atoms with E-state index in [2.05, 4.69) is 22.5 Å². The summed E-state index contributed by atoms with van der Waals surface area (Å²) in [5.74, 6) is 0.790. The van der Waals surface area contributed by atoms with Crippen LogP contribution in [-0.2, 0) is 11.2 Å². The predicted octanol–water partition coefficient (Wildman–Crippen LogP) is 2.08. The lowest BCUT2D eigenvalue weighted by Gasteiger charge is -2.17. The van der Waals surface area contributed by atoms with Gasteiger partial charge in [-0.2, -0.15) is 0 Å². The summed E-state index contributed by atoms with van der Waals surface area (Å²) in [4.78, 5) is 4.17. The van der Waals surface area contributed by atoms with Crippen molar-refractivity contribution in [3.05, 3.63) is 34.9 Å². The number of hydrogen-bond acceptors (Lipinski definition) is 2. The van der Waals surface area contributed by atoms with Crippen molar-refractivity contribution in [2.75, 3.05) is 27.3 Å². The van der Waals surface area contributed by atoms with Crippen LogP contribution in [0.25, 0.3) is 0 Å². The number of benzene rings is 1. The Morgan fingerprint density at radius 1 is 1.37 bits per heavy atom. The minimum atomic E-state index is 0.228. The van der Waals surface area contributed by atoms with Crippen LogP contribution in [0.3, 0.4) is 0 Å². The Kier molecular flexibility index (Phi) is 7.30. The van der Waals surface area contributed by atoms with Crippen LogP contribution < -0.4 is 10.6 Å². The van der Waals surface area contributed by atoms with Crippen molar-refractivity contribution in [2.24, 2.45) is 4.99 Å². The summed E-state index contributed by atoms with van der Waals surface area (Å²) in [7, 11) is 3.45. The van der Waals surface area contributed by atoms with Gasteiger partial charge in [0, 0.05) is 31.8 Å². The van der Waals surface area contributed by atoms with E-state index in [1.54, 1.807) is 14.2 Å². The first kappa shape index (κ1) is 15.8. The van der Waals surface area contributed by atoms with Crippen LogP contribution in [0.2, 0.25) is 5.02 Å². The van der Waals surface area contributed by atoms with Crippen molar-refractivity contribution in [3.63, 3.8) is 0 Å². The second kappa shape index (κ2) is 8.77. The highest BCUT2D eigenvalue weighted by Crippen LogP contribution is 2.09. The highest BCUT2D eigenvalue weighted by Gasteiger charge is 2.03. The minimum Gasteiger partial charge on any atom is -0.383 e. The Labute approximate surface area is 120 Å². The summed E-state index contributed by atoms with van der Waals surface area (Å²) in [5.41, 5.74) is 1.25. The van der Waals surface area contributed by atoms with Crippen molar-refractivity contribution in [2.45, 2.75) is 19.4 Å². The fraction of sp³-hybridized carbons (Fsp3) is 0.500. The molecule has 1 atom stereocenters. The number of methoxy groups -OCH3 is 1. The Morgan fingerprint density at radius 2 is 2.05 bits per heavy atom. The highest BCUT2D eigenvalue weighted by molar-refractivity contribution is 6.30. The zero-order valence-corrected chi connectivity index (χ0v) is 12.5. The van der Waals surface area contributed by atoms with E-state index in [9.17, 15) is 0 Å². The van der Waals surface area contributed by atoms with Gasteiger partial charge in [-0.05, 0) is 31.0 Å². The average molecular weight is 284 g/mol. The zero-order valence-electron chi connectivity index (χ0n) is 11.7. The normalized spacial score (nSPS) is 13.2. The number of ether oxygens (including phenoxy) is 1. The van der Waals surface area contributed by atoms with Gasteiger partial charge in [0.25, 0.3) is 0 Å². The molecule has 1 aromatic rings. The Balaban J connectivity index is 2.32. The largest absolute Gasteiger partial charge is 0.383 e. The average Bonchev–Trinajstić information content (AvgIpc) is 2.40. The van der Waals surface area contributed by atoms with E-state index in [0.29, 0.717) is 6.61 Å². The zero-order chi connectivity index (χ0) is 14.1. The number of hydrogen-bond donors (Lipinski definition) is 2. The summed E-state index contributed by atoms with van der Waals surface area (Å²) in [6.07, 6.45) is 0.927. The van der Waals surface area contributed by atoms with Crippen molar-refractivity contribution >= 4 is 17.6 Å². The van der Waals surface area contributed by atoms with Crippen LogP contribution in [0.15, 0.2) is 29.3 Å². The quantitative estimate of drug-likeness (QED) is 0.621. The van der Waals surface area contributed by atoms with Gasteiger partial charge in [-0.15, -0.1) is 0 Å². The number of rotatable bonds is 6. The molecule has 0 fully saturated rings. The molecule has 0 spiro atoms. The molecular weight excluding hydrogens is 262 g/mol. The van der Waals surface area contributed by atoms with Gasteiger partial charge in [0.05, 0.1) is 6.61 Å². The monoisotopic (exact) mass is 283 g/mol. The van der Waals surface area contributed by atoms with Gasteiger partial charge < -0.3 is 15.4 Å². The SMILES string of the molecule is CN=C(NCCc1ccc(Cl)cc1)NC(C)COC. The number of nitrogens with zero attached hydrogens (tertiary/aromatic N) is 1. The van der Waals surface area contributed by atoms with E-state index in [0.717, 1.165) is 23.9 Å². The van der Waals surface area contributed by atoms with E-state index in [4.69, 9.17) is 16.3 Å². The van der Waals surface area contributed by atoms with Crippen LogP contribution in [-0.4, -0.2) is 39.3 Å². The van der Waals surface area contributed by atoms with Gasteiger partial charge in [0.1, 0.15) is 0 Å². The first-order valence-corrected chi connectivity index (χ1v) is 6.74. The molecule has 1 unspecified atom stereocenters. The summed E-state index contributed by atoms with van der Waals surface area (Å²) in [6, 6.07) is 8.11. The van der Waals surface area contributed by atoms with Gasteiger partial charge in [-0.25, -0.2) is 0 Å². The number of halogens is 1. The maximum Gasteiger partial charge on any atom is 0.191 e. The molecule has 0 amide bonds. The second-order valence-corrected chi connectivity index (χ2v) is 4.81. The fourth-order valence-electron chi connectivity index (χ4n) is 1.70. The molecule has 1 aromatic carbocycles. The smallest absolute Gasteiger partial charge is 0.191 e. The molecule has 19 heavy (non-hydrogen) atoms. The van der Waals surface area contributed by atoms with Crippen molar-refractivity contribution in [1.82, 2.24) is 10.6 Å². The highest BCUT2D eigenvalue weighted by atomic mass is 35.5. The lowest BCUT2D eigenvalue weighted by Crippen LogP contribution is -2.44. The van der Waals surface area contributed by atoms with Crippen molar-refractivity contribution in [3.8, 4) is 0 Å². The van der Waals surface area contributed by atoms with E-state index < -0.39 is 0 Å². The Morgan fingerprint density at radius 3 is 2.63 bits per heavy atom. The lowest BCUT2D eigenvalue weighted by molar-refractivity contribution is 0.179. The molecule has 0 radical (unpaired) electrons. The maximum absolute atomic E-state index is 5.85. The predicted molar refractivity (Wildman–Crippen MR) is 81.0 cm³/mol. The number of nitrogens with one attached hydrogen (secondary N) is 2. The third kappa shape index (κ3) is 6.45. The summed E-state index contributed by atoms with van der Waals surface area (Å²) < 4.78 is 5.08. The molecule has 0 aromatic heterocycles. The number of guanidine groups is 1. The van der Waals surface area contributed by atoms with Gasteiger partial charge in [-0.3, -0.25) is 4.99 Å². The number of aliphatic imine (C=N–C) groups is 1. The summed E-state index contributed by atoms with van der Waals surface area (Å²) in [6.45, 7) is 3.52. The van der Waals surface area contributed by atoms with E-state index in [1.807, 2.05) is 24.3 Å². The summed E-state index contributed by atoms with van der Waals surface area (Å²) >= 11 is 5.85. The van der Waals surface area contributed by atoms with Crippen molar-refractivity contribution < 1.29 is 4.74 Å². The first-order valence-electron chi connectivity index (χ1n) is 6.36. The molecule has 0 aliphatic heterocycles. The molecule has 0 bridgehead atoms. The topological polar surface area (TPSA) is 45.7 Å². The molecule has 5 heteroatoms.